The molecule has 0 spiro atoms. The zero-order valence-corrected chi connectivity index (χ0v) is 14.7. The molecule has 0 aliphatic heterocycles. The van der Waals surface area contributed by atoms with E-state index >= 15 is 0 Å². The maximum atomic E-state index is 12.5. The summed E-state index contributed by atoms with van der Waals surface area (Å²) in [5.74, 6) is 0.0600. The number of halogens is 3. The van der Waals surface area contributed by atoms with E-state index in [9.17, 15) is 23.1 Å². The minimum atomic E-state index is -4.40. The van der Waals surface area contributed by atoms with Gasteiger partial charge in [0.05, 0.1) is 5.56 Å². The van der Waals surface area contributed by atoms with Gasteiger partial charge in [0.25, 0.3) is 0 Å². The minimum Gasteiger partial charge on any atom is -0.491 e. The van der Waals surface area contributed by atoms with Crippen molar-refractivity contribution in [1.82, 2.24) is 4.90 Å². The average Bonchev–Trinajstić information content (AvgIpc) is 2.59. The van der Waals surface area contributed by atoms with Gasteiger partial charge in [-0.15, -0.1) is 0 Å². The largest absolute Gasteiger partial charge is 0.491 e. The quantitative estimate of drug-likeness (QED) is 0.802. The summed E-state index contributed by atoms with van der Waals surface area (Å²) in [6, 6.07) is 4.29. The van der Waals surface area contributed by atoms with E-state index < -0.39 is 17.8 Å². The number of aliphatic hydroxyl groups excluding tert-OH is 1. The SMILES string of the molecule is CN(CC(O)COc1ccc(C(F)(F)F)cc1)C(=O)C1CCCC(N)C1. The lowest BCUT2D eigenvalue weighted by molar-refractivity contribution is -0.138. The van der Waals surface area contributed by atoms with Gasteiger partial charge in [0.15, 0.2) is 0 Å². The van der Waals surface area contributed by atoms with Gasteiger partial charge < -0.3 is 20.5 Å². The maximum absolute atomic E-state index is 12.5. The van der Waals surface area contributed by atoms with E-state index in [1.807, 2.05) is 0 Å². The smallest absolute Gasteiger partial charge is 0.416 e. The van der Waals surface area contributed by atoms with Crippen molar-refractivity contribution in [2.45, 2.75) is 44.0 Å². The number of aliphatic hydroxyl groups is 1. The van der Waals surface area contributed by atoms with E-state index in [1.54, 1.807) is 7.05 Å². The molecule has 3 N–H and O–H groups in total. The van der Waals surface area contributed by atoms with E-state index in [1.165, 1.54) is 17.0 Å². The molecule has 1 fully saturated rings. The Morgan fingerprint density at radius 1 is 1.35 bits per heavy atom. The molecule has 0 heterocycles. The minimum absolute atomic E-state index is 0.0408. The van der Waals surface area contributed by atoms with Crippen LogP contribution in [-0.2, 0) is 11.0 Å². The normalized spacial score (nSPS) is 21.9. The summed E-state index contributed by atoms with van der Waals surface area (Å²) < 4.78 is 42.8. The molecule has 1 amide bonds. The number of benzene rings is 1. The van der Waals surface area contributed by atoms with Crippen LogP contribution in [0.25, 0.3) is 0 Å². The van der Waals surface area contributed by atoms with Crippen LogP contribution in [0.4, 0.5) is 13.2 Å². The highest BCUT2D eigenvalue weighted by Crippen LogP contribution is 2.30. The van der Waals surface area contributed by atoms with Crippen molar-refractivity contribution < 1.29 is 27.8 Å². The highest BCUT2D eigenvalue weighted by atomic mass is 19.4. The predicted molar refractivity (Wildman–Crippen MR) is 90.5 cm³/mol. The molecule has 8 heteroatoms. The molecular weight excluding hydrogens is 349 g/mol. The number of nitrogens with two attached hydrogens (primary N) is 1. The first-order chi connectivity index (χ1) is 12.2. The molecule has 0 bridgehead atoms. The molecule has 0 aromatic heterocycles. The highest BCUT2D eigenvalue weighted by Gasteiger charge is 2.30. The fourth-order valence-corrected chi connectivity index (χ4v) is 3.15. The van der Waals surface area contributed by atoms with Gasteiger partial charge in [-0.2, -0.15) is 13.2 Å². The zero-order valence-electron chi connectivity index (χ0n) is 14.7. The number of amides is 1. The van der Waals surface area contributed by atoms with E-state index in [0.29, 0.717) is 6.42 Å². The number of carbonyl (C=O) groups is 1. The third-order valence-corrected chi connectivity index (χ3v) is 4.55. The van der Waals surface area contributed by atoms with Gasteiger partial charge in [-0.05, 0) is 43.5 Å². The fraction of sp³-hybridized carbons (Fsp3) is 0.611. The van der Waals surface area contributed by atoms with Crippen molar-refractivity contribution in [3.63, 3.8) is 0 Å². The third-order valence-electron chi connectivity index (χ3n) is 4.55. The molecule has 0 radical (unpaired) electrons. The lowest BCUT2D eigenvalue weighted by Gasteiger charge is -2.30. The number of rotatable bonds is 6. The van der Waals surface area contributed by atoms with Crippen LogP contribution in [0.15, 0.2) is 24.3 Å². The van der Waals surface area contributed by atoms with Crippen LogP contribution in [0.5, 0.6) is 5.75 Å². The second-order valence-corrected chi connectivity index (χ2v) is 6.83. The summed E-state index contributed by atoms with van der Waals surface area (Å²) in [4.78, 5) is 13.9. The van der Waals surface area contributed by atoms with Crippen molar-refractivity contribution in [3.8, 4) is 5.75 Å². The Bertz CT molecular complexity index is 592. The van der Waals surface area contributed by atoms with Gasteiger partial charge in [0.1, 0.15) is 18.5 Å². The van der Waals surface area contributed by atoms with Gasteiger partial charge in [0.2, 0.25) is 5.91 Å². The van der Waals surface area contributed by atoms with Gasteiger partial charge in [-0.3, -0.25) is 4.79 Å². The second-order valence-electron chi connectivity index (χ2n) is 6.83. The first-order valence-electron chi connectivity index (χ1n) is 8.65. The molecular formula is C18H25F3N2O3. The molecule has 2 rings (SSSR count). The fourth-order valence-electron chi connectivity index (χ4n) is 3.15. The number of hydrogen-bond acceptors (Lipinski definition) is 4. The molecule has 1 saturated carbocycles. The van der Waals surface area contributed by atoms with Gasteiger partial charge in [-0.25, -0.2) is 0 Å². The van der Waals surface area contributed by atoms with Gasteiger partial charge in [-0.1, -0.05) is 6.42 Å². The molecule has 1 aliphatic rings. The Hall–Kier alpha value is -1.80. The molecule has 1 aromatic carbocycles. The van der Waals surface area contributed by atoms with Crippen LogP contribution in [0, 0.1) is 5.92 Å². The molecule has 1 aliphatic carbocycles. The second kappa shape index (κ2) is 8.73. The molecule has 3 unspecified atom stereocenters. The average molecular weight is 374 g/mol. The van der Waals surface area contributed by atoms with Crippen molar-refractivity contribution in [2.24, 2.45) is 11.7 Å². The Kier molecular flexibility index (Phi) is 6.88. The van der Waals surface area contributed by atoms with E-state index in [0.717, 1.165) is 31.4 Å². The maximum Gasteiger partial charge on any atom is 0.416 e. The lowest BCUT2D eigenvalue weighted by atomic mass is 9.85. The summed E-state index contributed by atoms with van der Waals surface area (Å²) in [7, 11) is 1.61. The first-order valence-corrected chi connectivity index (χ1v) is 8.65. The Balaban J connectivity index is 1.78. The van der Waals surface area contributed by atoms with Crippen molar-refractivity contribution in [3.05, 3.63) is 29.8 Å². The number of ether oxygens (including phenoxy) is 1. The predicted octanol–water partition coefficient (Wildman–Crippen LogP) is 2.42. The summed E-state index contributed by atoms with van der Waals surface area (Å²) >= 11 is 0. The standard InChI is InChI=1S/C18H25F3N2O3/c1-23(17(25)12-3-2-4-14(22)9-12)10-15(24)11-26-16-7-5-13(6-8-16)18(19,20)21/h5-8,12,14-15,24H,2-4,9-11,22H2,1H3. The van der Waals surface area contributed by atoms with Crippen LogP contribution >= 0.6 is 0 Å². The summed E-state index contributed by atoms with van der Waals surface area (Å²) in [5.41, 5.74) is 5.14. The third kappa shape index (κ3) is 5.88. The Labute approximate surface area is 150 Å². The van der Waals surface area contributed by atoms with Crippen LogP contribution in [0.3, 0.4) is 0 Å². The lowest BCUT2D eigenvalue weighted by Crippen LogP contribution is -2.42. The summed E-state index contributed by atoms with van der Waals surface area (Å²) in [5, 5.41) is 10.0. The van der Waals surface area contributed by atoms with E-state index in [4.69, 9.17) is 10.5 Å². The Morgan fingerprint density at radius 3 is 2.58 bits per heavy atom. The summed E-state index contributed by atoms with van der Waals surface area (Å²) in [6.07, 6.45) is -2.04. The van der Waals surface area contributed by atoms with Gasteiger partial charge >= 0.3 is 6.18 Å². The molecule has 26 heavy (non-hydrogen) atoms. The van der Waals surface area contributed by atoms with Crippen LogP contribution < -0.4 is 10.5 Å². The molecule has 146 valence electrons. The number of nitrogens with zero attached hydrogens (tertiary/aromatic N) is 1. The number of alkyl halides is 3. The number of carbonyl (C=O) groups excluding carboxylic acids is 1. The van der Waals surface area contributed by atoms with Gasteiger partial charge in [0, 0.05) is 25.6 Å². The van der Waals surface area contributed by atoms with Crippen molar-refractivity contribution in [1.29, 1.82) is 0 Å². The molecule has 0 saturated heterocycles. The number of likely N-dealkylation sites (N-methyl/N-ethyl adjacent to an activating group) is 1. The zero-order chi connectivity index (χ0) is 19.3. The molecule has 3 atom stereocenters. The monoisotopic (exact) mass is 374 g/mol. The van der Waals surface area contributed by atoms with E-state index in [-0.39, 0.29) is 36.8 Å². The summed E-state index contributed by atoms with van der Waals surface area (Å²) in [6.45, 7) is -0.0294. The van der Waals surface area contributed by atoms with Crippen LogP contribution in [-0.4, -0.2) is 48.3 Å². The van der Waals surface area contributed by atoms with Crippen LogP contribution in [0.2, 0.25) is 0 Å². The first kappa shape index (κ1) is 20.5. The molecule has 1 aromatic rings. The van der Waals surface area contributed by atoms with Crippen molar-refractivity contribution in [2.75, 3.05) is 20.2 Å². The van der Waals surface area contributed by atoms with E-state index in [2.05, 4.69) is 0 Å². The molecule has 5 nitrogen and oxygen atoms in total. The Morgan fingerprint density at radius 2 is 2.00 bits per heavy atom. The highest BCUT2D eigenvalue weighted by molar-refractivity contribution is 5.78. The van der Waals surface area contributed by atoms with Crippen molar-refractivity contribution >= 4 is 5.91 Å². The van der Waals surface area contributed by atoms with Crippen LogP contribution in [0.1, 0.15) is 31.2 Å². The topological polar surface area (TPSA) is 75.8 Å². The number of hydrogen-bond donors (Lipinski definition) is 2.